The third-order valence-electron chi connectivity index (χ3n) is 4.74. The van der Waals surface area contributed by atoms with Gasteiger partial charge in [0, 0.05) is 0 Å². The highest BCUT2D eigenvalue weighted by molar-refractivity contribution is 5.78. The number of H-pyrrole nitrogens is 2. The first-order chi connectivity index (χ1) is 15.1. The molecule has 0 aliphatic carbocycles. The standard InChI is InChI=1S/C23H22N4O4/c1-3-30-18-12-16(15-7-5-6-14(10-15)11-19(28)31-4-2)8-9-17(18)21-26-22-20(23(29)27-21)24-13-25-22/h5-10,12-13H,3-4,11H2,1-2H3,(H2,24,25,26,27,29). The lowest BCUT2D eigenvalue weighted by molar-refractivity contribution is -0.142. The van der Waals surface area contributed by atoms with Gasteiger partial charge in [-0.2, -0.15) is 0 Å². The van der Waals surface area contributed by atoms with Crippen molar-refractivity contribution in [3.63, 3.8) is 0 Å². The van der Waals surface area contributed by atoms with Crippen LogP contribution in [0.15, 0.2) is 53.6 Å². The SMILES string of the molecule is CCOC(=O)Cc1cccc(-c2ccc(-c3nc4[nH]cnc4c(=O)[nH]3)c(OCC)c2)c1. The molecule has 2 heterocycles. The fourth-order valence-corrected chi connectivity index (χ4v) is 3.38. The van der Waals surface area contributed by atoms with Crippen LogP contribution in [0, 0.1) is 0 Å². The van der Waals surface area contributed by atoms with Gasteiger partial charge in [-0.1, -0.05) is 30.3 Å². The molecule has 0 fully saturated rings. The second kappa shape index (κ2) is 8.83. The molecule has 0 amide bonds. The zero-order chi connectivity index (χ0) is 21.8. The van der Waals surface area contributed by atoms with Gasteiger partial charge in [0.15, 0.2) is 11.2 Å². The summed E-state index contributed by atoms with van der Waals surface area (Å²) in [5, 5.41) is 0. The number of aromatic nitrogens is 4. The largest absolute Gasteiger partial charge is 0.493 e. The van der Waals surface area contributed by atoms with Gasteiger partial charge < -0.3 is 19.4 Å². The Labute approximate surface area is 178 Å². The molecule has 0 aliphatic rings. The van der Waals surface area contributed by atoms with Crippen LogP contribution in [0.1, 0.15) is 19.4 Å². The minimum absolute atomic E-state index is 0.216. The molecule has 8 nitrogen and oxygen atoms in total. The predicted octanol–water partition coefficient (Wildman–Crippen LogP) is 3.48. The van der Waals surface area contributed by atoms with Gasteiger partial charge in [-0.05, 0) is 42.7 Å². The number of benzene rings is 2. The fraction of sp³-hybridized carbons (Fsp3) is 0.217. The Bertz CT molecular complexity index is 1290. The van der Waals surface area contributed by atoms with Crippen LogP contribution >= 0.6 is 0 Å². The summed E-state index contributed by atoms with van der Waals surface area (Å²) >= 11 is 0. The zero-order valence-electron chi connectivity index (χ0n) is 17.3. The van der Waals surface area contributed by atoms with E-state index >= 15 is 0 Å². The Morgan fingerprint density at radius 3 is 2.71 bits per heavy atom. The lowest BCUT2D eigenvalue weighted by Crippen LogP contribution is -2.10. The number of fused-ring (bicyclic) bond motifs is 1. The third kappa shape index (κ3) is 4.32. The molecule has 0 atom stereocenters. The van der Waals surface area contributed by atoms with Crippen LogP contribution in [-0.4, -0.2) is 39.1 Å². The van der Waals surface area contributed by atoms with E-state index in [1.54, 1.807) is 6.92 Å². The van der Waals surface area contributed by atoms with Crippen LogP contribution in [0.3, 0.4) is 0 Å². The Hall–Kier alpha value is -3.94. The number of hydrogen-bond acceptors (Lipinski definition) is 6. The molecule has 31 heavy (non-hydrogen) atoms. The number of ether oxygens (including phenoxy) is 2. The summed E-state index contributed by atoms with van der Waals surface area (Å²) in [5.74, 6) is 0.736. The highest BCUT2D eigenvalue weighted by Gasteiger charge is 2.14. The van der Waals surface area contributed by atoms with Crippen molar-refractivity contribution in [3.05, 3.63) is 64.7 Å². The van der Waals surface area contributed by atoms with Gasteiger partial charge in [-0.3, -0.25) is 9.59 Å². The van der Waals surface area contributed by atoms with Gasteiger partial charge in [0.05, 0.1) is 31.5 Å². The normalized spacial score (nSPS) is 10.9. The number of aromatic amines is 2. The van der Waals surface area contributed by atoms with Crippen LogP contribution in [0.5, 0.6) is 5.75 Å². The molecule has 0 radical (unpaired) electrons. The van der Waals surface area contributed by atoms with E-state index < -0.39 is 0 Å². The van der Waals surface area contributed by atoms with Crippen molar-refractivity contribution in [2.24, 2.45) is 0 Å². The van der Waals surface area contributed by atoms with Crippen molar-refractivity contribution >= 4 is 17.1 Å². The quantitative estimate of drug-likeness (QED) is 0.445. The van der Waals surface area contributed by atoms with Crippen LogP contribution < -0.4 is 10.3 Å². The van der Waals surface area contributed by atoms with Crippen LogP contribution in [0.25, 0.3) is 33.7 Å². The molecular weight excluding hydrogens is 396 g/mol. The Balaban J connectivity index is 1.72. The Morgan fingerprint density at radius 1 is 1.06 bits per heavy atom. The van der Waals surface area contributed by atoms with Gasteiger partial charge in [-0.15, -0.1) is 0 Å². The smallest absolute Gasteiger partial charge is 0.310 e. The van der Waals surface area contributed by atoms with Gasteiger partial charge in [0.1, 0.15) is 11.6 Å². The molecule has 158 valence electrons. The van der Waals surface area contributed by atoms with E-state index in [1.807, 2.05) is 49.4 Å². The summed E-state index contributed by atoms with van der Waals surface area (Å²) in [7, 11) is 0. The van der Waals surface area contributed by atoms with Gasteiger partial charge >= 0.3 is 5.97 Å². The van der Waals surface area contributed by atoms with Crippen LogP contribution in [0.4, 0.5) is 0 Å². The highest BCUT2D eigenvalue weighted by atomic mass is 16.5. The predicted molar refractivity (Wildman–Crippen MR) is 117 cm³/mol. The number of rotatable bonds is 7. The summed E-state index contributed by atoms with van der Waals surface area (Å²) in [6, 6.07) is 13.4. The molecule has 0 aliphatic heterocycles. The molecular formula is C23H22N4O4. The van der Waals surface area contributed by atoms with E-state index in [9.17, 15) is 9.59 Å². The van der Waals surface area contributed by atoms with Crippen molar-refractivity contribution in [1.82, 2.24) is 19.9 Å². The number of carbonyl (C=O) groups excluding carboxylic acids is 1. The van der Waals surface area contributed by atoms with E-state index in [0.717, 1.165) is 16.7 Å². The summed E-state index contributed by atoms with van der Waals surface area (Å²) in [6.45, 7) is 4.50. The fourth-order valence-electron chi connectivity index (χ4n) is 3.38. The number of imidazole rings is 1. The van der Waals surface area contributed by atoms with Crippen molar-refractivity contribution in [3.8, 4) is 28.3 Å². The van der Waals surface area contributed by atoms with E-state index in [-0.39, 0.29) is 23.5 Å². The highest BCUT2D eigenvalue weighted by Crippen LogP contribution is 2.33. The average Bonchev–Trinajstić information content (AvgIpc) is 3.24. The van der Waals surface area contributed by atoms with E-state index in [2.05, 4.69) is 19.9 Å². The maximum Gasteiger partial charge on any atom is 0.310 e. The molecule has 2 aromatic carbocycles. The number of nitrogens with zero attached hydrogens (tertiary/aromatic N) is 2. The first-order valence-electron chi connectivity index (χ1n) is 10.0. The summed E-state index contributed by atoms with van der Waals surface area (Å²) in [5.41, 5.74) is 3.76. The monoisotopic (exact) mass is 418 g/mol. The van der Waals surface area contributed by atoms with E-state index in [4.69, 9.17) is 9.47 Å². The van der Waals surface area contributed by atoms with Crippen molar-refractivity contribution < 1.29 is 14.3 Å². The second-order valence-electron chi connectivity index (χ2n) is 6.84. The lowest BCUT2D eigenvalue weighted by atomic mass is 10.00. The number of carbonyl (C=O) groups is 1. The Morgan fingerprint density at radius 2 is 1.90 bits per heavy atom. The molecule has 2 aromatic heterocycles. The summed E-state index contributed by atoms with van der Waals surface area (Å²) in [6.07, 6.45) is 1.65. The van der Waals surface area contributed by atoms with Gasteiger partial charge in [-0.25, -0.2) is 9.97 Å². The third-order valence-corrected chi connectivity index (χ3v) is 4.74. The minimum Gasteiger partial charge on any atom is -0.493 e. The molecule has 2 N–H and O–H groups in total. The second-order valence-corrected chi connectivity index (χ2v) is 6.84. The van der Waals surface area contributed by atoms with Crippen molar-refractivity contribution in [2.75, 3.05) is 13.2 Å². The molecule has 0 saturated carbocycles. The number of hydrogen-bond donors (Lipinski definition) is 2. The van der Waals surface area contributed by atoms with E-state index in [1.165, 1.54) is 6.33 Å². The molecule has 4 rings (SSSR count). The molecule has 0 saturated heterocycles. The molecule has 8 heteroatoms. The lowest BCUT2D eigenvalue weighted by Gasteiger charge is -2.13. The molecule has 4 aromatic rings. The molecule has 0 unspecified atom stereocenters. The minimum atomic E-state index is -0.320. The first-order valence-corrected chi connectivity index (χ1v) is 10.0. The average molecular weight is 418 g/mol. The zero-order valence-corrected chi connectivity index (χ0v) is 17.3. The van der Waals surface area contributed by atoms with Gasteiger partial charge in [0.2, 0.25) is 0 Å². The number of nitrogens with one attached hydrogen (secondary N) is 2. The number of esters is 1. The molecule has 0 bridgehead atoms. The maximum atomic E-state index is 12.3. The van der Waals surface area contributed by atoms with Crippen molar-refractivity contribution in [1.29, 1.82) is 0 Å². The van der Waals surface area contributed by atoms with Crippen molar-refractivity contribution in [2.45, 2.75) is 20.3 Å². The van der Waals surface area contributed by atoms with Crippen LogP contribution in [0.2, 0.25) is 0 Å². The van der Waals surface area contributed by atoms with E-state index in [0.29, 0.717) is 36.0 Å². The van der Waals surface area contributed by atoms with Crippen LogP contribution in [-0.2, 0) is 16.0 Å². The summed E-state index contributed by atoms with van der Waals surface area (Å²) in [4.78, 5) is 38.2. The summed E-state index contributed by atoms with van der Waals surface area (Å²) < 4.78 is 10.9. The maximum absolute atomic E-state index is 12.3. The topological polar surface area (TPSA) is 110 Å². The van der Waals surface area contributed by atoms with Gasteiger partial charge in [0.25, 0.3) is 5.56 Å². The molecule has 0 spiro atoms. The Kier molecular flexibility index (Phi) is 5.79. The first kappa shape index (κ1) is 20.3.